The van der Waals surface area contributed by atoms with Gasteiger partial charge in [0, 0.05) is 39.1 Å². The number of pyridine rings is 1. The topological polar surface area (TPSA) is 117 Å². The fourth-order valence-electron chi connectivity index (χ4n) is 3.29. The van der Waals surface area contributed by atoms with Crippen molar-refractivity contribution in [3.05, 3.63) is 29.7 Å². The van der Waals surface area contributed by atoms with Gasteiger partial charge in [-0.3, -0.25) is 0 Å². The largest absolute Gasteiger partial charge is 0.528 e. The SMILES string of the molecule is COCCOc1cc(C)c(Nc2ncnc(OC3CCN(OC(=O)OC(C)C)CC3)c2C)cn1. The summed E-state index contributed by atoms with van der Waals surface area (Å²) in [5.74, 6) is 1.69. The number of rotatable bonds is 10. The smallest absolute Gasteiger partial charge is 0.475 e. The molecule has 0 saturated carbocycles. The molecule has 2 aromatic heterocycles. The Hall–Kier alpha value is -3.18. The molecular weight excluding hydrogens is 442 g/mol. The number of anilines is 2. The Morgan fingerprint density at radius 3 is 2.62 bits per heavy atom. The van der Waals surface area contributed by atoms with E-state index in [0.29, 0.717) is 56.7 Å². The number of carbonyl (C=O) groups is 1. The van der Waals surface area contributed by atoms with E-state index in [1.165, 1.54) is 6.33 Å². The molecule has 11 nitrogen and oxygen atoms in total. The van der Waals surface area contributed by atoms with Crippen molar-refractivity contribution in [3.63, 3.8) is 0 Å². The number of nitrogens with one attached hydrogen (secondary N) is 1. The van der Waals surface area contributed by atoms with Crippen LogP contribution in [-0.2, 0) is 14.3 Å². The first kappa shape index (κ1) is 25.4. The Morgan fingerprint density at radius 1 is 1.18 bits per heavy atom. The van der Waals surface area contributed by atoms with Crippen LogP contribution in [0.5, 0.6) is 11.8 Å². The number of hydrogen-bond donors (Lipinski definition) is 1. The maximum absolute atomic E-state index is 11.7. The first-order valence-corrected chi connectivity index (χ1v) is 11.3. The van der Waals surface area contributed by atoms with E-state index in [2.05, 4.69) is 20.3 Å². The lowest BCUT2D eigenvalue weighted by molar-refractivity contribution is -0.151. The molecule has 0 radical (unpaired) electrons. The average molecular weight is 476 g/mol. The molecule has 0 aliphatic carbocycles. The summed E-state index contributed by atoms with van der Waals surface area (Å²) < 4.78 is 21.7. The molecule has 1 saturated heterocycles. The summed E-state index contributed by atoms with van der Waals surface area (Å²) in [6.07, 6.45) is 3.60. The van der Waals surface area contributed by atoms with Gasteiger partial charge in [-0.2, -0.15) is 0 Å². The van der Waals surface area contributed by atoms with Gasteiger partial charge in [-0.1, -0.05) is 0 Å². The number of carbonyl (C=O) groups excluding carboxylic acids is 1. The summed E-state index contributed by atoms with van der Waals surface area (Å²) >= 11 is 0. The Labute approximate surface area is 199 Å². The summed E-state index contributed by atoms with van der Waals surface area (Å²) in [5, 5.41) is 4.90. The first-order chi connectivity index (χ1) is 16.4. The van der Waals surface area contributed by atoms with Crippen LogP contribution in [0.1, 0.15) is 37.8 Å². The number of aryl methyl sites for hydroxylation is 1. The second-order valence-corrected chi connectivity index (χ2v) is 8.21. The monoisotopic (exact) mass is 475 g/mol. The van der Waals surface area contributed by atoms with Gasteiger partial charge in [0.05, 0.1) is 30.2 Å². The number of ether oxygens (including phenoxy) is 4. The average Bonchev–Trinajstić information content (AvgIpc) is 2.79. The minimum absolute atomic E-state index is 0.0469. The molecule has 0 unspecified atom stereocenters. The number of piperidine rings is 1. The van der Waals surface area contributed by atoms with Crippen LogP contribution in [0.3, 0.4) is 0 Å². The zero-order valence-electron chi connectivity index (χ0n) is 20.4. The lowest BCUT2D eigenvalue weighted by Gasteiger charge is -2.30. The highest BCUT2D eigenvalue weighted by atomic mass is 16.8. The maximum atomic E-state index is 11.7. The predicted molar refractivity (Wildman–Crippen MR) is 124 cm³/mol. The van der Waals surface area contributed by atoms with Gasteiger partial charge in [0.25, 0.3) is 0 Å². The summed E-state index contributed by atoms with van der Waals surface area (Å²) in [5.41, 5.74) is 2.57. The van der Waals surface area contributed by atoms with Crippen molar-refractivity contribution < 1.29 is 28.6 Å². The van der Waals surface area contributed by atoms with Crippen molar-refractivity contribution in [1.29, 1.82) is 0 Å². The van der Waals surface area contributed by atoms with Gasteiger partial charge in [-0.05, 0) is 33.3 Å². The van der Waals surface area contributed by atoms with Crippen molar-refractivity contribution in [2.45, 2.75) is 52.7 Å². The van der Waals surface area contributed by atoms with Crippen molar-refractivity contribution >= 4 is 17.7 Å². The molecule has 3 rings (SSSR count). The quantitative estimate of drug-likeness (QED) is 0.401. The maximum Gasteiger partial charge on any atom is 0.528 e. The molecule has 1 aliphatic rings. The number of aromatic nitrogens is 3. The van der Waals surface area contributed by atoms with Gasteiger partial charge < -0.3 is 29.1 Å². The molecule has 2 aromatic rings. The minimum Gasteiger partial charge on any atom is -0.475 e. The standard InChI is InChI=1S/C23H33N5O6/c1-15(2)32-23(29)34-28-8-6-18(7-9-28)33-22-17(4)21(25-14-26-22)27-19-13-24-20(12-16(19)3)31-11-10-30-5/h12-15,18H,6-11H2,1-5H3,(H,25,26,27). The molecule has 1 fully saturated rings. The van der Waals surface area contributed by atoms with Crippen molar-refractivity contribution in [2.75, 3.05) is 38.7 Å². The molecule has 0 bridgehead atoms. The second-order valence-electron chi connectivity index (χ2n) is 8.21. The zero-order valence-corrected chi connectivity index (χ0v) is 20.4. The summed E-state index contributed by atoms with van der Waals surface area (Å²) in [4.78, 5) is 29.9. The zero-order chi connectivity index (χ0) is 24.5. The van der Waals surface area contributed by atoms with Gasteiger partial charge in [-0.15, -0.1) is 5.06 Å². The summed E-state index contributed by atoms with van der Waals surface area (Å²) in [6.45, 7) is 9.47. The van der Waals surface area contributed by atoms with Gasteiger partial charge in [0.2, 0.25) is 11.8 Å². The lowest BCUT2D eigenvalue weighted by Crippen LogP contribution is -2.40. The molecule has 186 valence electrons. The van der Waals surface area contributed by atoms with Crippen molar-refractivity contribution in [2.24, 2.45) is 0 Å². The Kier molecular flexibility index (Phi) is 9.23. The van der Waals surface area contributed by atoms with E-state index in [9.17, 15) is 4.79 Å². The number of hydroxylamine groups is 2. The van der Waals surface area contributed by atoms with Gasteiger partial charge >= 0.3 is 6.16 Å². The number of nitrogens with zero attached hydrogens (tertiary/aromatic N) is 4. The number of methoxy groups -OCH3 is 1. The Morgan fingerprint density at radius 2 is 1.94 bits per heavy atom. The first-order valence-electron chi connectivity index (χ1n) is 11.3. The van der Waals surface area contributed by atoms with Crippen LogP contribution in [0.4, 0.5) is 16.3 Å². The van der Waals surface area contributed by atoms with Crippen LogP contribution >= 0.6 is 0 Å². The molecule has 0 aromatic carbocycles. The third kappa shape index (κ3) is 7.42. The predicted octanol–water partition coefficient (Wildman–Crippen LogP) is 3.58. The van der Waals surface area contributed by atoms with Crippen LogP contribution in [0.15, 0.2) is 18.6 Å². The van der Waals surface area contributed by atoms with E-state index >= 15 is 0 Å². The summed E-state index contributed by atoms with van der Waals surface area (Å²) in [7, 11) is 1.63. The molecule has 0 amide bonds. The highest BCUT2D eigenvalue weighted by Gasteiger charge is 2.25. The third-order valence-corrected chi connectivity index (χ3v) is 5.13. The third-order valence-electron chi connectivity index (χ3n) is 5.13. The highest BCUT2D eigenvalue weighted by molar-refractivity contribution is 5.63. The van der Waals surface area contributed by atoms with Gasteiger partial charge in [0.15, 0.2) is 0 Å². The molecule has 0 spiro atoms. The van der Waals surface area contributed by atoms with Crippen LogP contribution < -0.4 is 14.8 Å². The van der Waals surface area contributed by atoms with E-state index in [1.54, 1.807) is 32.2 Å². The van der Waals surface area contributed by atoms with Gasteiger partial charge in [0.1, 0.15) is 24.9 Å². The molecule has 0 atom stereocenters. The highest BCUT2D eigenvalue weighted by Crippen LogP contribution is 2.28. The van der Waals surface area contributed by atoms with E-state index in [-0.39, 0.29) is 12.2 Å². The molecule has 34 heavy (non-hydrogen) atoms. The molecule has 1 aliphatic heterocycles. The van der Waals surface area contributed by atoms with Crippen LogP contribution in [0, 0.1) is 13.8 Å². The second kappa shape index (κ2) is 12.3. The van der Waals surface area contributed by atoms with E-state index in [4.69, 9.17) is 23.8 Å². The lowest BCUT2D eigenvalue weighted by atomic mass is 10.1. The molecule has 11 heteroatoms. The van der Waals surface area contributed by atoms with Gasteiger partial charge in [-0.25, -0.2) is 19.7 Å². The minimum atomic E-state index is -0.684. The van der Waals surface area contributed by atoms with Crippen LogP contribution in [-0.4, -0.2) is 71.8 Å². The molecular formula is C23H33N5O6. The van der Waals surface area contributed by atoms with Crippen LogP contribution in [0.2, 0.25) is 0 Å². The number of hydrogen-bond acceptors (Lipinski definition) is 11. The fourth-order valence-corrected chi connectivity index (χ4v) is 3.29. The van der Waals surface area contributed by atoms with E-state index in [1.807, 2.05) is 19.9 Å². The summed E-state index contributed by atoms with van der Waals surface area (Å²) in [6, 6.07) is 1.86. The Bertz CT molecular complexity index is 949. The molecule has 3 heterocycles. The normalized spacial score (nSPS) is 14.6. The Balaban J connectivity index is 1.56. The van der Waals surface area contributed by atoms with E-state index < -0.39 is 6.16 Å². The van der Waals surface area contributed by atoms with Crippen LogP contribution in [0.25, 0.3) is 0 Å². The van der Waals surface area contributed by atoms with E-state index in [0.717, 1.165) is 16.8 Å². The fraction of sp³-hybridized carbons (Fsp3) is 0.565. The van der Waals surface area contributed by atoms with Crippen molar-refractivity contribution in [1.82, 2.24) is 20.0 Å². The molecule has 1 N–H and O–H groups in total. The van der Waals surface area contributed by atoms with Crippen molar-refractivity contribution in [3.8, 4) is 11.8 Å².